The molecule has 0 unspecified atom stereocenters. The number of hydrogen-bond donors (Lipinski definition) is 3. The zero-order valence-corrected chi connectivity index (χ0v) is 16.9. The molecule has 0 aliphatic carbocycles. The van der Waals surface area contributed by atoms with Gasteiger partial charge in [-0.1, -0.05) is 56.2 Å². The number of carbonyl (C=O) groups is 1. The number of nitrogens with zero attached hydrogens (tertiary/aromatic N) is 2. The Morgan fingerprint density at radius 2 is 1.72 bits per heavy atom. The van der Waals surface area contributed by atoms with Crippen LogP contribution in [0.15, 0.2) is 60.7 Å². The fraction of sp³-hybridized carbons (Fsp3) is 0.261. The van der Waals surface area contributed by atoms with Gasteiger partial charge >= 0.3 is 0 Å². The van der Waals surface area contributed by atoms with E-state index in [0.29, 0.717) is 11.8 Å². The SMILES string of the molecule is CCCCCNc1nc(Nc2cccc(NC(C)=O)c2)cc(-c2ccccc2)n1. The second kappa shape index (κ2) is 10.2. The first kappa shape index (κ1) is 20.3. The van der Waals surface area contributed by atoms with E-state index in [1.165, 1.54) is 19.8 Å². The molecule has 0 bridgehead atoms. The monoisotopic (exact) mass is 389 g/mol. The molecule has 150 valence electrons. The largest absolute Gasteiger partial charge is 0.354 e. The number of amides is 1. The van der Waals surface area contributed by atoms with Gasteiger partial charge in [0, 0.05) is 36.5 Å². The van der Waals surface area contributed by atoms with E-state index in [2.05, 4.69) is 32.8 Å². The van der Waals surface area contributed by atoms with Gasteiger partial charge in [-0.15, -0.1) is 0 Å². The van der Waals surface area contributed by atoms with Gasteiger partial charge in [0.2, 0.25) is 11.9 Å². The topological polar surface area (TPSA) is 78.9 Å². The van der Waals surface area contributed by atoms with Crippen molar-refractivity contribution in [1.29, 1.82) is 0 Å². The number of carbonyl (C=O) groups excluding carboxylic acids is 1. The van der Waals surface area contributed by atoms with Crippen LogP contribution in [-0.2, 0) is 4.79 Å². The first-order chi connectivity index (χ1) is 14.1. The zero-order valence-electron chi connectivity index (χ0n) is 16.9. The van der Waals surface area contributed by atoms with Crippen LogP contribution in [0.4, 0.5) is 23.1 Å². The van der Waals surface area contributed by atoms with Gasteiger partial charge in [0.25, 0.3) is 0 Å². The molecule has 0 saturated carbocycles. The lowest BCUT2D eigenvalue weighted by Crippen LogP contribution is -2.08. The van der Waals surface area contributed by atoms with Crippen molar-refractivity contribution in [2.45, 2.75) is 33.1 Å². The average molecular weight is 390 g/mol. The average Bonchev–Trinajstić information content (AvgIpc) is 2.71. The molecule has 0 aliphatic heterocycles. The second-order valence-electron chi connectivity index (χ2n) is 6.85. The Labute approximate surface area is 171 Å². The summed E-state index contributed by atoms with van der Waals surface area (Å²) in [5.41, 5.74) is 3.45. The predicted molar refractivity (Wildman–Crippen MR) is 120 cm³/mol. The van der Waals surface area contributed by atoms with Gasteiger partial charge in [0.1, 0.15) is 5.82 Å². The quantitative estimate of drug-likeness (QED) is 0.424. The second-order valence-corrected chi connectivity index (χ2v) is 6.85. The highest BCUT2D eigenvalue weighted by Gasteiger charge is 2.08. The molecule has 0 atom stereocenters. The number of anilines is 4. The van der Waals surface area contributed by atoms with E-state index in [9.17, 15) is 4.79 Å². The highest BCUT2D eigenvalue weighted by Crippen LogP contribution is 2.25. The maximum absolute atomic E-state index is 11.3. The molecule has 0 radical (unpaired) electrons. The van der Waals surface area contributed by atoms with E-state index in [-0.39, 0.29) is 5.91 Å². The highest BCUT2D eigenvalue weighted by molar-refractivity contribution is 5.89. The van der Waals surface area contributed by atoms with Crippen LogP contribution in [0.2, 0.25) is 0 Å². The molecule has 1 amide bonds. The first-order valence-electron chi connectivity index (χ1n) is 9.97. The van der Waals surface area contributed by atoms with E-state index in [0.717, 1.165) is 35.6 Å². The normalized spacial score (nSPS) is 10.4. The summed E-state index contributed by atoms with van der Waals surface area (Å²) in [6.07, 6.45) is 3.42. The Morgan fingerprint density at radius 1 is 0.931 bits per heavy atom. The van der Waals surface area contributed by atoms with Crippen LogP contribution in [0.25, 0.3) is 11.3 Å². The molecular formula is C23H27N5O. The van der Waals surface area contributed by atoms with Crippen molar-refractivity contribution in [3.63, 3.8) is 0 Å². The molecule has 2 aromatic carbocycles. The van der Waals surface area contributed by atoms with Gasteiger partial charge in [-0.05, 0) is 24.6 Å². The number of rotatable bonds is 9. The number of hydrogen-bond acceptors (Lipinski definition) is 5. The number of unbranched alkanes of at least 4 members (excludes halogenated alkanes) is 2. The van der Waals surface area contributed by atoms with Gasteiger partial charge in [-0.3, -0.25) is 4.79 Å². The molecule has 0 spiro atoms. The highest BCUT2D eigenvalue weighted by atomic mass is 16.1. The van der Waals surface area contributed by atoms with E-state index in [1.807, 2.05) is 60.7 Å². The minimum atomic E-state index is -0.103. The molecule has 3 N–H and O–H groups in total. The van der Waals surface area contributed by atoms with E-state index in [1.54, 1.807) is 0 Å². The molecular weight excluding hydrogens is 362 g/mol. The summed E-state index contributed by atoms with van der Waals surface area (Å²) in [6, 6.07) is 19.5. The molecule has 3 aromatic rings. The van der Waals surface area contributed by atoms with Crippen molar-refractivity contribution >= 4 is 29.0 Å². The summed E-state index contributed by atoms with van der Waals surface area (Å²) in [5, 5.41) is 9.46. The fourth-order valence-corrected chi connectivity index (χ4v) is 2.95. The van der Waals surface area contributed by atoms with E-state index in [4.69, 9.17) is 0 Å². The van der Waals surface area contributed by atoms with Crippen LogP contribution in [0.3, 0.4) is 0 Å². The van der Waals surface area contributed by atoms with Gasteiger partial charge in [-0.2, -0.15) is 4.98 Å². The molecule has 0 fully saturated rings. The van der Waals surface area contributed by atoms with Crippen LogP contribution in [0, 0.1) is 0 Å². The van der Waals surface area contributed by atoms with Gasteiger partial charge in [-0.25, -0.2) is 4.98 Å². The zero-order chi connectivity index (χ0) is 20.5. The van der Waals surface area contributed by atoms with E-state index >= 15 is 0 Å². The smallest absolute Gasteiger partial charge is 0.225 e. The third-order valence-corrected chi connectivity index (χ3v) is 4.31. The lowest BCUT2D eigenvalue weighted by Gasteiger charge is -2.12. The molecule has 1 heterocycles. The summed E-state index contributed by atoms with van der Waals surface area (Å²) in [4.78, 5) is 20.6. The summed E-state index contributed by atoms with van der Waals surface area (Å²) < 4.78 is 0. The fourth-order valence-electron chi connectivity index (χ4n) is 2.95. The lowest BCUT2D eigenvalue weighted by molar-refractivity contribution is -0.114. The molecule has 3 rings (SSSR count). The number of aromatic nitrogens is 2. The third-order valence-electron chi connectivity index (χ3n) is 4.31. The number of benzene rings is 2. The van der Waals surface area contributed by atoms with E-state index < -0.39 is 0 Å². The Hall–Kier alpha value is -3.41. The minimum absolute atomic E-state index is 0.103. The Morgan fingerprint density at radius 3 is 2.48 bits per heavy atom. The van der Waals surface area contributed by atoms with Gasteiger partial charge in [0.05, 0.1) is 5.69 Å². The first-order valence-corrected chi connectivity index (χ1v) is 9.97. The van der Waals surface area contributed by atoms with Crippen LogP contribution in [0.1, 0.15) is 33.1 Å². The molecule has 29 heavy (non-hydrogen) atoms. The standard InChI is InChI=1S/C23H27N5O/c1-3-4-8-14-24-23-27-21(18-10-6-5-7-11-18)16-22(28-23)26-20-13-9-12-19(15-20)25-17(2)29/h5-7,9-13,15-16H,3-4,8,14H2,1-2H3,(H,25,29)(H2,24,26,27,28). The van der Waals surface area contributed by atoms with Crippen LogP contribution in [-0.4, -0.2) is 22.4 Å². The maximum Gasteiger partial charge on any atom is 0.225 e. The van der Waals surface area contributed by atoms with Crippen LogP contribution >= 0.6 is 0 Å². The number of nitrogens with one attached hydrogen (secondary N) is 3. The van der Waals surface area contributed by atoms with Crippen molar-refractivity contribution in [3.05, 3.63) is 60.7 Å². The summed E-state index contributed by atoms with van der Waals surface area (Å²) in [5.74, 6) is 1.19. The van der Waals surface area contributed by atoms with Gasteiger partial charge < -0.3 is 16.0 Å². The molecule has 1 aromatic heterocycles. The molecule has 0 aliphatic rings. The van der Waals surface area contributed by atoms with Crippen LogP contribution < -0.4 is 16.0 Å². The third kappa shape index (κ3) is 6.31. The molecule has 0 saturated heterocycles. The molecule has 6 nitrogen and oxygen atoms in total. The Balaban J connectivity index is 1.85. The summed E-state index contributed by atoms with van der Waals surface area (Å²) >= 11 is 0. The summed E-state index contributed by atoms with van der Waals surface area (Å²) in [7, 11) is 0. The molecule has 6 heteroatoms. The van der Waals surface area contributed by atoms with Crippen molar-refractivity contribution < 1.29 is 4.79 Å². The van der Waals surface area contributed by atoms with Crippen molar-refractivity contribution in [3.8, 4) is 11.3 Å². The summed E-state index contributed by atoms with van der Waals surface area (Å²) in [6.45, 7) is 4.51. The minimum Gasteiger partial charge on any atom is -0.354 e. The predicted octanol–water partition coefficient (Wildman–Crippen LogP) is 5.45. The van der Waals surface area contributed by atoms with Crippen molar-refractivity contribution in [1.82, 2.24) is 9.97 Å². The Kier molecular flexibility index (Phi) is 7.16. The lowest BCUT2D eigenvalue weighted by atomic mass is 10.1. The van der Waals surface area contributed by atoms with Crippen LogP contribution in [0.5, 0.6) is 0 Å². The maximum atomic E-state index is 11.3. The van der Waals surface area contributed by atoms with Gasteiger partial charge in [0.15, 0.2) is 0 Å². The van der Waals surface area contributed by atoms with Crippen molar-refractivity contribution in [2.75, 3.05) is 22.5 Å². The van der Waals surface area contributed by atoms with Crippen molar-refractivity contribution in [2.24, 2.45) is 0 Å². The Bertz CT molecular complexity index is 943.